The van der Waals surface area contributed by atoms with Crippen molar-refractivity contribution in [3.05, 3.63) is 48.0 Å². The van der Waals surface area contributed by atoms with E-state index in [1.807, 2.05) is 44.2 Å². The molecule has 0 unspecified atom stereocenters. The van der Waals surface area contributed by atoms with Crippen molar-refractivity contribution in [2.24, 2.45) is 0 Å². The fourth-order valence-corrected chi connectivity index (χ4v) is 1.30. The van der Waals surface area contributed by atoms with Crippen LogP contribution in [0.3, 0.4) is 0 Å². The van der Waals surface area contributed by atoms with Gasteiger partial charge >= 0.3 is 0 Å². The molecule has 0 aliphatic rings. The molecule has 0 heterocycles. The highest BCUT2D eigenvalue weighted by atomic mass is 16.1. The Hall–Kier alpha value is -1.57. The molecule has 1 aromatic rings. The second-order valence-corrected chi connectivity index (χ2v) is 3.82. The summed E-state index contributed by atoms with van der Waals surface area (Å²) in [4.78, 5) is 11.6. The Labute approximate surface area is 91.0 Å². The zero-order valence-corrected chi connectivity index (χ0v) is 9.29. The SMILES string of the molecule is C=CCc1ccc(C(=O)NC(C)C)cc1. The molecule has 2 nitrogen and oxygen atoms in total. The van der Waals surface area contributed by atoms with Crippen molar-refractivity contribution < 1.29 is 4.79 Å². The van der Waals surface area contributed by atoms with Gasteiger partial charge in [0.05, 0.1) is 0 Å². The Morgan fingerprint density at radius 3 is 2.47 bits per heavy atom. The van der Waals surface area contributed by atoms with Gasteiger partial charge in [0.1, 0.15) is 0 Å². The summed E-state index contributed by atoms with van der Waals surface area (Å²) in [6.45, 7) is 7.57. The summed E-state index contributed by atoms with van der Waals surface area (Å²) in [6, 6.07) is 7.77. The Morgan fingerprint density at radius 2 is 2.00 bits per heavy atom. The van der Waals surface area contributed by atoms with E-state index < -0.39 is 0 Å². The topological polar surface area (TPSA) is 29.1 Å². The molecule has 0 atom stereocenters. The molecule has 0 saturated carbocycles. The maximum absolute atomic E-state index is 11.6. The van der Waals surface area contributed by atoms with E-state index in [1.54, 1.807) is 0 Å². The Balaban J connectivity index is 2.70. The van der Waals surface area contributed by atoms with E-state index in [9.17, 15) is 4.79 Å². The number of hydrogen-bond donors (Lipinski definition) is 1. The number of carbonyl (C=O) groups excluding carboxylic acids is 1. The van der Waals surface area contributed by atoms with Gasteiger partial charge in [-0.05, 0) is 38.0 Å². The number of hydrogen-bond acceptors (Lipinski definition) is 1. The average Bonchev–Trinajstić information content (AvgIpc) is 2.18. The maximum atomic E-state index is 11.6. The first-order valence-electron chi connectivity index (χ1n) is 5.14. The van der Waals surface area contributed by atoms with E-state index in [2.05, 4.69) is 11.9 Å². The average molecular weight is 203 g/mol. The van der Waals surface area contributed by atoms with Crippen molar-refractivity contribution in [2.45, 2.75) is 26.3 Å². The molecule has 1 aromatic carbocycles. The summed E-state index contributed by atoms with van der Waals surface area (Å²) in [6.07, 6.45) is 2.69. The molecule has 1 rings (SSSR count). The normalized spacial score (nSPS) is 10.1. The minimum Gasteiger partial charge on any atom is -0.350 e. The van der Waals surface area contributed by atoms with Gasteiger partial charge in [0.15, 0.2) is 0 Å². The molecular formula is C13H17NO. The van der Waals surface area contributed by atoms with E-state index in [0.29, 0.717) is 5.56 Å². The number of rotatable bonds is 4. The Morgan fingerprint density at radius 1 is 1.40 bits per heavy atom. The molecule has 0 aliphatic carbocycles. The lowest BCUT2D eigenvalue weighted by molar-refractivity contribution is 0.0943. The van der Waals surface area contributed by atoms with Crippen LogP contribution in [0.2, 0.25) is 0 Å². The molecular weight excluding hydrogens is 186 g/mol. The van der Waals surface area contributed by atoms with Crippen molar-refractivity contribution in [1.29, 1.82) is 0 Å². The standard InChI is InChI=1S/C13H17NO/c1-4-5-11-6-8-12(9-7-11)13(15)14-10(2)3/h4,6-10H,1,5H2,2-3H3,(H,14,15). The molecule has 0 aliphatic heterocycles. The van der Waals surface area contributed by atoms with Crippen molar-refractivity contribution in [3.63, 3.8) is 0 Å². The van der Waals surface area contributed by atoms with Crippen molar-refractivity contribution in [3.8, 4) is 0 Å². The molecule has 1 N–H and O–H groups in total. The first kappa shape index (κ1) is 11.5. The van der Waals surface area contributed by atoms with Crippen LogP contribution in [0, 0.1) is 0 Å². The van der Waals surface area contributed by atoms with E-state index >= 15 is 0 Å². The van der Waals surface area contributed by atoms with Gasteiger partial charge in [0, 0.05) is 11.6 Å². The fraction of sp³-hybridized carbons (Fsp3) is 0.308. The van der Waals surface area contributed by atoms with Crippen molar-refractivity contribution in [2.75, 3.05) is 0 Å². The zero-order valence-electron chi connectivity index (χ0n) is 9.29. The predicted molar refractivity (Wildman–Crippen MR) is 62.9 cm³/mol. The summed E-state index contributed by atoms with van der Waals surface area (Å²) in [5.74, 6) is -0.0184. The van der Waals surface area contributed by atoms with Crippen LogP contribution in [0.15, 0.2) is 36.9 Å². The smallest absolute Gasteiger partial charge is 0.251 e. The van der Waals surface area contributed by atoms with Crippen LogP contribution < -0.4 is 5.32 Å². The third kappa shape index (κ3) is 3.58. The molecule has 0 fully saturated rings. The second-order valence-electron chi connectivity index (χ2n) is 3.82. The minimum absolute atomic E-state index is 0.0184. The van der Waals surface area contributed by atoms with E-state index in [0.717, 1.165) is 6.42 Å². The van der Waals surface area contributed by atoms with Crippen molar-refractivity contribution >= 4 is 5.91 Å². The monoisotopic (exact) mass is 203 g/mol. The van der Waals surface area contributed by atoms with Gasteiger partial charge in [-0.15, -0.1) is 6.58 Å². The van der Waals surface area contributed by atoms with Crippen LogP contribution >= 0.6 is 0 Å². The van der Waals surface area contributed by atoms with E-state index in [4.69, 9.17) is 0 Å². The quantitative estimate of drug-likeness (QED) is 0.749. The lowest BCUT2D eigenvalue weighted by Gasteiger charge is -2.08. The summed E-state index contributed by atoms with van der Waals surface area (Å²) < 4.78 is 0. The Bertz CT molecular complexity index is 338. The largest absolute Gasteiger partial charge is 0.350 e. The first-order valence-corrected chi connectivity index (χ1v) is 5.14. The highest BCUT2D eigenvalue weighted by Crippen LogP contribution is 2.05. The zero-order chi connectivity index (χ0) is 11.3. The van der Waals surface area contributed by atoms with Crippen LogP contribution in [0.25, 0.3) is 0 Å². The molecule has 15 heavy (non-hydrogen) atoms. The first-order chi connectivity index (χ1) is 7.13. The number of benzene rings is 1. The Kier molecular flexibility index (Phi) is 4.10. The number of allylic oxidation sites excluding steroid dienone is 1. The second kappa shape index (κ2) is 5.35. The minimum atomic E-state index is -0.0184. The van der Waals surface area contributed by atoms with Crippen LogP contribution in [-0.2, 0) is 6.42 Å². The molecule has 2 heteroatoms. The highest BCUT2D eigenvalue weighted by Gasteiger charge is 2.05. The van der Waals surface area contributed by atoms with Crippen LogP contribution in [0.1, 0.15) is 29.8 Å². The van der Waals surface area contributed by atoms with Crippen LogP contribution in [-0.4, -0.2) is 11.9 Å². The van der Waals surface area contributed by atoms with Gasteiger partial charge in [0.25, 0.3) is 5.91 Å². The van der Waals surface area contributed by atoms with Gasteiger partial charge in [-0.25, -0.2) is 0 Å². The fourth-order valence-electron chi connectivity index (χ4n) is 1.30. The number of carbonyl (C=O) groups is 1. The summed E-state index contributed by atoms with van der Waals surface area (Å²) >= 11 is 0. The highest BCUT2D eigenvalue weighted by molar-refractivity contribution is 5.94. The van der Waals surface area contributed by atoms with Crippen molar-refractivity contribution in [1.82, 2.24) is 5.32 Å². The maximum Gasteiger partial charge on any atom is 0.251 e. The molecule has 80 valence electrons. The van der Waals surface area contributed by atoms with Crippen LogP contribution in [0.4, 0.5) is 0 Å². The molecule has 1 amide bonds. The van der Waals surface area contributed by atoms with Gasteiger partial charge < -0.3 is 5.32 Å². The number of nitrogens with one attached hydrogen (secondary N) is 1. The summed E-state index contributed by atoms with van der Waals surface area (Å²) in [5, 5.41) is 2.85. The molecule has 0 aromatic heterocycles. The van der Waals surface area contributed by atoms with E-state index in [-0.39, 0.29) is 11.9 Å². The van der Waals surface area contributed by atoms with Gasteiger partial charge in [-0.3, -0.25) is 4.79 Å². The summed E-state index contributed by atoms with van der Waals surface area (Å²) in [5.41, 5.74) is 1.88. The van der Waals surface area contributed by atoms with Gasteiger partial charge in [-0.1, -0.05) is 18.2 Å². The number of amides is 1. The predicted octanol–water partition coefficient (Wildman–Crippen LogP) is 2.55. The molecule has 0 radical (unpaired) electrons. The third-order valence-electron chi connectivity index (χ3n) is 2.02. The van der Waals surface area contributed by atoms with Gasteiger partial charge in [-0.2, -0.15) is 0 Å². The molecule has 0 bridgehead atoms. The van der Waals surface area contributed by atoms with Crippen LogP contribution in [0.5, 0.6) is 0 Å². The van der Waals surface area contributed by atoms with E-state index in [1.165, 1.54) is 5.56 Å². The third-order valence-corrected chi connectivity index (χ3v) is 2.02. The lowest BCUT2D eigenvalue weighted by Crippen LogP contribution is -2.29. The molecule has 0 spiro atoms. The summed E-state index contributed by atoms with van der Waals surface area (Å²) in [7, 11) is 0. The van der Waals surface area contributed by atoms with Gasteiger partial charge in [0.2, 0.25) is 0 Å². The lowest BCUT2D eigenvalue weighted by atomic mass is 10.1. The molecule has 0 saturated heterocycles.